The highest BCUT2D eigenvalue weighted by atomic mass is 31.2. The molecule has 2 unspecified atom stereocenters. The van der Waals surface area contributed by atoms with Gasteiger partial charge in [-0.2, -0.15) is 5.26 Å². The van der Waals surface area contributed by atoms with Gasteiger partial charge in [-0.15, -0.1) is 0 Å². The largest absolute Gasteiger partial charge is 0.393 e. The first-order chi connectivity index (χ1) is 9.11. The van der Waals surface area contributed by atoms with Crippen molar-refractivity contribution in [1.29, 1.82) is 5.26 Å². The zero-order valence-corrected chi connectivity index (χ0v) is 13.0. The van der Waals surface area contributed by atoms with Gasteiger partial charge in [-0.05, 0) is 27.7 Å². The average molecular weight is 304 g/mol. The molecule has 0 aliphatic heterocycles. The summed E-state index contributed by atoms with van der Waals surface area (Å²) in [5.74, 6) is -0.988. The molecule has 0 fully saturated rings. The molecule has 114 valence electrons. The van der Waals surface area contributed by atoms with Gasteiger partial charge in [-0.25, -0.2) is 4.67 Å². The average Bonchev–Trinajstić information content (AvgIpc) is 2.35. The maximum atomic E-state index is 13.0. The highest BCUT2D eigenvalue weighted by molar-refractivity contribution is 7.79. The molecule has 0 aliphatic carbocycles. The molecule has 0 bridgehead atoms. The summed E-state index contributed by atoms with van der Waals surface area (Å²) in [6, 6.07) is 0.668. The van der Waals surface area contributed by atoms with E-state index in [0.717, 1.165) is 0 Å². The number of carbonyl (C=O) groups is 2. The van der Waals surface area contributed by atoms with Crippen molar-refractivity contribution in [2.24, 2.45) is 0 Å². The van der Waals surface area contributed by atoms with Gasteiger partial charge in [0, 0.05) is 12.1 Å². The van der Waals surface area contributed by atoms with Gasteiger partial charge < -0.3 is 10.2 Å². The molecule has 0 radical (unpaired) electrons. The first kappa shape index (κ1) is 18.9. The summed E-state index contributed by atoms with van der Waals surface area (Å²) in [6.45, 7) is 5.90. The lowest BCUT2D eigenvalue weighted by Gasteiger charge is -2.36. The molecule has 7 nitrogen and oxygen atoms in total. The normalized spacial score (nSPS) is 16.0. The quantitative estimate of drug-likeness (QED) is 0.490. The Labute approximate surface area is 118 Å². The van der Waals surface area contributed by atoms with E-state index in [2.05, 4.69) is 0 Å². The van der Waals surface area contributed by atoms with Crippen molar-refractivity contribution in [2.75, 3.05) is 12.8 Å². The van der Waals surface area contributed by atoms with E-state index in [1.165, 1.54) is 10.7 Å². The zero-order chi connectivity index (χ0) is 16.1. The molecule has 2 N–H and O–H groups in total. The number of rotatable bonds is 8. The number of hydrogen-bond donors (Lipinski definition) is 2. The lowest BCUT2D eigenvalue weighted by molar-refractivity contribution is -0.122. The Hall–Kier alpha value is -1.06. The van der Waals surface area contributed by atoms with Gasteiger partial charge >= 0.3 is 0 Å². The molecule has 0 saturated carbocycles. The third-order valence-electron chi connectivity index (χ3n) is 2.72. The molecule has 0 spiro atoms. The van der Waals surface area contributed by atoms with Crippen LogP contribution in [0.3, 0.4) is 0 Å². The van der Waals surface area contributed by atoms with Crippen molar-refractivity contribution in [1.82, 2.24) is 4.67 Å². The van der Waals surface area contributed by atoms with E-state index in [0.29, 0.717) is 0 Å². The van der Waals surface area contributed by atoms with Crippen molar-refractivity contribution in [3.8, 4) is 6.07 Å². The maximum absolute atomic E-state index is 13.0. The van der Waals surface area contributed by atoms with Crippen LogP contribution in [0.2, 0.25) is 0 Å². The van der Waals surface area contributed by atoms with E-state index in [9.17, 15) is 19.3 Å². The Balaban J connectivity index is 5.80. The van der Waals surface area contributed by atoms with Crippen molar-refractivity contribution in [3.05, 3.63) is 0 Å². The minimum atomic E-state index is -3.97. The molecule has 0 aromatic heterocycles. The van der Waals surface area contributed by atoms with Crippen LogP contribution in [-0.2, 0) is 14.2 Å². The third-order valence-corrected chi connectivity index (χ3v) is 6.09. The number of hydrogen-bond acceptors (Lipinski definition) is 6. The smallest absolute Gasteiger partial charge is 0.240 e. The van der Waals surface area contributed by atoms with Crippen LogP contribution in [0.1, 0.15) is 27.7 Å². The summed E-state index contributed by atoms with van der Waals surface area (Å²) < 4.78 is 14.3. The SMILES string of the molecule is CC(C)N(C(C)C)P(=O)(CC(=O)C#N)C(=O)C(O)CO. The summed E-state index contributed by atoms with van der Waals surface area (Å²) in [5, 5.41) is 26.9. The predicted molar refractivity (Wildman–Crippen MR) is 73.3 cm³/mol. The third kappa shape index (κ3) is 4.22. The Kier molecular flexibility index (Phi) is 7.25. The molecule has 0 saturated heterocycles. The second kappa shape index (κ2) is 7.65. The highest BCUT2D eigenvalue weighted by Crippen LogP contribution is 2.53. The minimum Gasteiger partial charge on any atom is -0.393 e. The standard InChI is InChI=1S/C12H21N2O5P/c1-8(2)14(9(3)4)20(19,7-10(16)5-13)12(18)11(17)6-15/h8-9,11,15,17H,6-7H2,1-4H3. The lowest BCUT2D eigenvalue weighted by atomic mass is 10.3. The van der Waals surface area contributed by atoms with Crippen molar-refractivity contribution < 1.29 is 24.4 Å². The second-order valence-corrected chi connectivity index (χ2v) is 7.62. The van der Waals surface area contributed by atoms with Crippen LogP contribution in [0.15, 0.2) is 0 Å². The summed E-state index contributed by atoms with van der Waals surface area (Å²) in [4.78, 5) is 23.5. The molecule has 0 heterocycles. The van der Waals surface area contributed by atoms with Gasteiger partial charge in [0.25, 0.3) is 0 Å². The summed E-state index contributed by atoms with van der Waals surface area (Å²) in [7, 11) is -3.97. The van der Waals surface area contributed by atoms with E-state index in [1.807, 2.05) is 0 Å². The summed E-state index contributed by atoms with van der Waals surface area (Å²) in [5.41, 5.74) is -1.09. The van der Waals surface area contributed by atoms with Crippen LogP contribution < -0.4 is 0 Å². The molecule has 2 atom stereocenters. The number of nitriles is 1. The number of aliphatic hydroxyl groups is 2. The molecular formula is C12H21N2O5P. The molecule has 0 aromatic carbocycles. The predicted octanol–water partition coefficient (Wildman–Crippen LogP) is 0.356. The summed E-state index contributed by atoms with van der Waals surface area (Å²) >= 11 is 0. The van der Waals surface area contributed by atoms with Gasteiger partial charge in [-0.1, -0.05) is 0 Å². The van der Waals surface area contributed by atoms with Gasteiger partial charge in [0.15, 0.2) is 0 Å². The minimum absolute atomic E-state index is 0.331. The van der Waals surface area contributed by atoms with Gasteiger partial charge in [0.1, 0.15) is 12.2 Å². The molecule has 0 amide bonds. The number of aliphatic hydroxyl groups excluding tert-OH is 2. The first-order valence-electron chi connectivity index (χ1n) is 6.25. The Morgan fingerprint density at radius 1 is 1.25 bits per heavy atom. The Morgan fingerprint density at radius 3 is 2.00 bits per heavy atom. The molecule has 0 aliphatic rings. The number of ketones is 1. The van der Waals surface area contributed by atoms with Crippen molar-refractivity contribution >= 4 is 18.6 Å². The van der Waals surface area contributed by atoms with Gasteiger partial charge in [0.2, 0.25) is 18.6 Å². The molecule has 0 rings (SSSR count). The van der Waals surface area contributed by atoms with E-state index < -0.39 is 37.5 Å². The van der Waals surface area contributed by atoms with E-state index in [4.69, 9.17) is 10.4 Å². The van der Waals surface area contributed by atoms with E-state index in [-0.39, 0.29) is 12.1 Å². The fourth-order valence-corrected chi connectivity index (χ4v) is 5.20. The topological polar surface area (TPSA) is 119 Å². The molecular weight excluding hydrogens is 283 g/mol. The summed E-state index contributed by atoms with van der Waals surface area (Å²) in [6.07, 6.45) is -2.58. The number of carbonyl (C=O) groups excluding carboxylic acids is 2. The molecule has 8 heteroatoms. The fraction of sp³-hybridized carbons (Fsp3) is 0.750. The number of nitrogens with zero attached hydrogens (tertiary/aromatic N) is 2. The molecule has 0 aromatic rings. The van der Waals surface area contributed by atoms with Crippen molar-refractivity contribution in [2.45, 2.75) is 45.9 Å². The van der Waals surface area contributed by atoms with Crippen LogP contribution in [0, 0.1) is 11.3 Å². The molecule has 20 heavy (non-hydrogen) atoms. The van der Waals surface area contributed by atoms with E-state index >= 15 is 0 Å². The lowest BCUT2D eigenvalue weighted by Crippen LogP contribution is -2.41. The van der Waals surface area contributed by atoms with Crippen LogP contribution in [0.4, 0.5) is 0 Å². The second-order valence-electron chi connectivity index (χ2n) is 5.00. The number of Topliss-reactive ketones (excluding diaryl/α,β-unsaturated/α-hetero) is 1. The van der Waals surface area contributed by atoms with Crippen LogP contribution in [0.5, 0.6) is 0 Å². The first-order valence-corrected chi connectivity index (χ1v) is 8.10. The van der Waals surface area contributed by atoms with Crippen LogP contribution in [-0.4, -0.2) is 57.1 Å². The zero-order valence-electron chi connectivity index (χ0n) is 12.1. The highest BCUT2D eigenvalue weighted by Gasteiger charge is 2.45. The van der Waals surface area contributed by atoms with Crippen molar-refractivity contribution in [3.63, 3.8) is 0 Å². The Bertz CT molecular complexity index is 447. The van der Waals surface area contributed by atoms with Gasteiger partial charge in [-0.3, -0.25) is 14.2 Å². The van der Waals surface area contributed by atoms with Crippen LogP contribution in [0.25, 0.3) is 0 Å². The monoisotopic (exact) mass is 304 g/mol. The van der Waals surface area contributed by atoms with Gasteiger partial charge in [0.05, 0.1) is 12.8 Å². The van der Waals surface area contributed by atoms with E-state index in [1.54, 1.807) is 27.7 Å². The Morgan fingerprint density at radius 2 is 1.70 bits per heavy atom. The maximum Gasteiger partial charge on any atom is 0.240 e. The fourth-order valence-electron chi connectivity index (χ4n) is 2.16. The van der Waals surface area contributed by atoms with Crippen LogP contribution >= 0.6 is 7.29 Å².